The standard InChI is InChI=1S/C25H28N8O2/c1-35-15-5-10-31-11-13-32(14-12-31)25(34)21-8-4-7-19(29-21)18-16-28-24-22(20-6-2-3-9-27-20)23(26)30-33(24)17-18/h2-4,6-9,16-17H,5,10-15H2,1H3,(H2,26,30). The molecule has 180 valence electrons. The van der Waals surface area contributed by atoms with Crippen LogP contribution in [-0.4, -0.2) is 86.7 Å². The molecular weight excluding hydrogens is 444 g/mol. The smallest absolute Gasteiger partial charge is 0.272 e. The highest BCUT2D eigenvalue weighted by molar-refractivity contribution is 5.93. The van der Waals surface area contributed by atoms with E-state index in [1.807, 2.05) is 41.4 Å². The molecule has 1 saturated heterocycles. The number of nitrogens with two attached hydrogens (primary N) is 1. The molecule has 1 amide bonds. The number of hydrogen-bond acceptors (Lipinski definition) is 8. The third-order valence-electron chi connectivity index (χ3n) is 6.17. The molecule has 0 aromatic carbocycles. The highest BCUT2D eigenvalue weighted by atomic mass is 16.5. The van der Waals surface area contributed by atoms with Gasteiger partial charge in [-0.05, 0) is 30.7 Å². The van der Waals surface area contributed by atoms with Crippen molar-refractivity contribution < 1.29 is 9.53 Å². The van der Waals surface area contributed by atoms with Crippen molar-refractivity contribution in [2.24, 2.45) is 0 Å². The number of carbonyl (C=O) groups is 1. The van der Waals surface area contributed by atoms with Crippen molar-refractivity contribution in [1.29, 1.82) is 0 Å². The molecule has 4 aromatic rings. The Bertz CT molecular complexity index is 1320. The zero-order valence-electron chi connectivity index (χ0n) is 19.7. The van der Waals surface area contributed by atoms with Gasteiger partial charge < -0.3 is 15.4 Å². The summed E-state index contributed by atoms with van der Waals surface area (Å²) < 4.78 is 6.76. The predicted octanol–water partition coefficient (Wildman–Crippen LogP) is 2.23. The maximum absolute atomic E-state index is 13.1. The Morgan fingerprint density at radius 3 is 2.66 bits per heavy atom. The molecule has 0 atom stereocenters. The summed E-state index contributed by atoms with van der Waals surface area (Å²) in [6.07, 6.45) is 6.25. The average Bonchev–Trinajstić information content (AvgIpc) is 3.24. The van der Waals surface area contributed by atoms with Crippen LogP contribution >= 0.6 is 0 Å². The molecule has 5 rings (SSSR count). The van der Waals surface area contributed by atoms with E-state index in [0.717, 1.165) is 38.2 Å². The minimum atomic E-state index is -0.0572. The lowest BCUT2D eigenvalue weighted by atomic mass is 10.2. The van der Waals surface area contributed by atoms with Crippen LogP contribution in [0.15, 0.2) is 55.0 Å². The van der Waals surface area contributed by atoms with Gasteiger partial charge in [-0.15, -0.1) is 5.10 Å². The summed E-state index contributed by atoms with van der Waals surface area (Å²) in [5.74, 6) is 0.296. The molecule has 1 aliphatic heterocycles. The monoisotopic (exact) mass is 472 g/mol. The summed E-state index contributed by atoms with van der Waals surface area (Å²) in [5, 5.41) is 4.42. The van der Waals surface area contributed by atoms with Gasteiger partial charge in [0.1, 0.15) is 5.69 Å². The van der Waals surface area contributed by atoms with Gasteiger partial charge in [-0.25, -0.2) is 14.5 Å². The van der Waals surface area contributed by atoms with Crippen LogP contribution in [0, 0.1) is 0 Å². The predicted molar refractivity (Wildman–Crippen MR) is 133 cm³/mol. The van der Waals surface area contributed by atoms with E-state index in [-0.39, 0.29) is 5.91 Å². The number of rotatable bonds is 7. The van der Waals surface area contributed by atoms with Crippen LogP contribution in [0.4, 0.5) is 5.82 Å². The first-order valence-corrected chi connectivity index (χ1v) is 11.7. The van der Waals surface area contributed by atoms with Gasteiger partial charge in [-0.2, -0.15) is 0 Å². The minimum absolute atomic E-state index is 0.0572. The molecule has 35 heavy (non-hydrogen) atoms. The van der Waals surface area contributed by atoms with Crippen molar-refractivity contribution in [3.8, 4) is 22.5 Å². The molecule has 4 aromatic heterocycles. The van der Waals surface area contributed by atoms with Crippen LogP contribution in [0.1, 0.15) is 16.9 Å². The number of carbonyl (C=O) groups excluding carboxylic acids is 1. The van der Waals surface area contributed by atoms with Crippen LogP contribution in [0.2, 0.25) is 0 Å². The van der Waals surface area contributed by atoms with E-state index >= 15 is 0 Å². The molecule has 1 aliphatic rings. The maximum Gasteiger partial charge on any atom is 0.272 e. The number of anilines is 1. The number of nitrogens with zero attached hydrogens (tertiary/aromatic N) is 7. The molecule has 1 fully saturated rings. The quantitative estimate of drug-likeness (QED) is 0.407. The molecular formula is C25H28N8O2. The van der Waals surface area contributed by atoms with Gasteiger partial charge in [-0.3, -0.25) is 14.7 Å². The van der Waals surface area contributed by atoms with E-state index in [4.69, 9.17) is 10.5 Å². The van der Waals surface area contributed by atoms with E-state index in [2.05, 4.69) is 25.0 Å². The van der Waals surface area contributed by atoms with Gasteiger partial charge in [0.15, 0.2) is 11.5 Å². The van der Waals surface area contributed by atoms with Gasteiger partial charge in [-0.1, -0.05) is 12.1 Å². The number of methoxy groups -OCH3 is 1. The summed E-state index contributed by atoms with van der Waals surface area (Å²) in [6.45, 7) is 4.83. The number of pyridine rings is 2. The topological polar surface area (TPSA) is 115 Å². The molecule has 0 bridgehead atoms. The molecule has 0 saturated carbocycles. The number of fused-ring (bicyclic) bond motifs is 1. The summed E-state index contributed by atoms with van der Waals surface area (Å²) in [4.78, 5) is 31.0. The molecule has 10 nitrogen and oxygen atoms in total. The van der Waals surface area contributed by atoms with Gasteiger partial charge >= 0.3 is 0 Å². The second-order valence-electron chi connectivity index (χ2n) is 8.47. The Balaban J connectivity index is 1.33. The zero-order valence-corrected chi connectivity index (χ0v) is 19.7. The Hall–Kier alpha value is -3.89. The highest BCUT2D eigenvalue weighted by Gasteiger charge is 2.23. The average molecular weight is 473 g/mol. The van der Waals surface area contributed by atoms with Crippen molar-refractivity contribution in [3.63, 3.8) is 0 Å². The lowest BCUT2D eigenvalue weighted by Gasteiger charge is -2.34. The van der Waals surface area contributed by atoms with Crippen molar-refractivity contribution in [2.75, 3.05) is 52.2 Å². The van der Waals surface area contributed by atoms with Gasteiger partial charge in [0, 0.05) is 70.6 Å². The van der Waals surface area contributed by atoms with Crippen LogP contribution in [-0.2, 0) is 4.74 Å². The maximum atomic E-state index is 13.1. The second-order valence-corrected chi connectivity index (χ2v) is 8.47. The third kappa shape index (κ3) is 4.84. The molecule has 5 heterocycles. The third-order valence-corrected chi connectivity index (χ3v) is 6.17. The summed E-state index contributed by atoms with van der Waals surface area (Å²) in [5.41, 5.74) is 10.0. The van der Waals surface area contributed by atoms with Crippen molar-refractivity contribution in [1.82, 2.24) is 34.4 Å². The summed E-state index contributed by atoms with van der Waals surface area (Å²) in [7, 11) is 1.72. The van der Waals surface area contributed by atoms with E-state index in [1.165, 1.54) is 0 Å². The highest BCUT2D eigenvalue weighted by Crippen LogP contribution is 2.28. The number of aromatic nitrogens is 5. The fourth-order valence-electron chi connectivity index (χ4n) is 4.32. The molecule has 0 radical (unpaired) electrons. The largest absolute Gasteiger partial charge is 0.385 e. The zero-order chi connectivity index (χ0) is 24.2. The first-order valence-electron chi connectivity index (χ1n) is 11.7. The minimum Gasteiger partial charge on any atom is -0.385 e. The van der Waals surface area contributed by atoms with Crippen LogP contribution in [0.3, 0.4) is 0 Å². The van der Waals surface area contributed by atoms with E-state index in [1.54, 1.807) is 30.1 Å². The van der Waals surface area contributed by atoms with E-state index < -0.39 is 0 Å². The normalized spacial score (nSPS) is 14.5. The first kappa shape index (κ1) is 22.9. The van der Waals surface area contributed by atoms with Crippen LogP contribution in [0.25, 0.3) is 28.2 Å². The summed E-state index contributed by atoms with van der Waals surface area (Å²) in [6, 6.07) is 11.1. The van der Waals surface area contributed by atoms with Crippen molar-refractivity contribution in [3.05, 3.63) is 60.7 Å². The molecule has 0 aliphatic carbocycles. The Morgan fingerprint density at radius 1 is 1.06 bits per heavy atom. The Kier molecular flexibility index (Phi) is 6.64. The van der Waals surface area contributed by atoms with Crippen LogP contribution in [0.5, 0.6) is 0 Å². The molecule has 0 spiro atoms. The molecule has 2 N–H and O–H groups in total. The number of nitrogen functional groups attached to an aromatic ring is 1. The number of amides is 1. The fraction of sp³-hybridized carbons (Fsp3) is 0.320. The van der Waals surface area contributed by atoms with Gasteiger partial charge in [0.2, 0.25) is 0 Å². The van der Waals surface area contributed by atoms with Gasteiger partial charge in [0.05, 0.1) is 17.0 Å². The first-order chi connectivity index (χ1) is 17.1. The lowest BCUT2D eigenvalue weighted by molar-refractivity contribution is 0.0618. The van der Waals surface area contributed by atoms with Gasteiger partial charge in [0.25, 0.3) is 5.91 Å². The number of ether oxygens (including phenoxy) is 1. The Morgan fingerprint density at radius 2 is 1.89 bits per heavy atom. The van der Waals surface area contributed by atoms with E-state index in [9.17, 15) is 4.79 Å². The summed E-state index contributed by atoms with van der Waals surface area (Å²) >= 11 is 0. The SMILES string of the molecule is COCCCN1CCN(C(=O)c2cccc(-c3cnc4c(-c5ccccn5)c(N)nn4c3)n2)CC1. The number of piperazine rings is 1. The second kappa shape index (κ2) is 10.2. The molecule has 10 heteroatoms. The molecule has 0 unspecified atom stereocenters. The fourth-order valence-corrected chi connectivity index (χ4v) is 4.32. The number of hydrogen-bond donors (Lipinski definition) is 1. The van der Waals surface area contributed by atoms with Crippen molar-refractivity contribution in [2.45, 2.75) is 6.42 Å². The lowest BCUT2D eigenvalue weighted by Crippen LogP contribution is -2.49. The van der Waals surface area contributed by atoms with Crippen LogP contribution < -0.4 is 5.73 Å². The Labute approximate surface area is 203 Å². The van der Waals surface area contributed by atoms with Crippen molar-refractivity contribution >= 4 is 17.4 Å². The van der Waals surface area contributed by atoms with E-state index in [0.29, 0.717) is 47.2 Å².